The molecule has 0 aliphatic heterocycles. The molecule has 0 heterocycles. The van der Waals surface area contributed by atoms with Gasteiger partial charge in [0.25, 0.3) is 0 Å². The third-order valence-electron chi connectivity index (χ3n) is 2.74. The number of ketones is 1. The van der Waals surface area contributed by atoms with Gasteiger partial charge >= 0.3 is 0 Å². The summed E-state index contributed by atoms with van der Waals surface area (Å²) in [6, 6.07) is 0.183. The Morgan fingerprint density at radius 3 is 2.36 bits per heavy atom. The molecule has 0 saturated heterocycles. The molecule has 3 atom stereocenters. The lowest BCUT2D eigenvalue weighted by Gasteiger charge is -2.32. The Hall–Kier alpha value is -0.380. The van der Waals surface area contributed by atoms with Gasteiger partial charge in [0.15, 0.2) is 0 Å². The van der Waals surface area contributed by atoms with Crippen LogP contribution >= 0.6 is 15.9 Å². The van der Waals surface area contributed by atoms with Crippen LogP contribution in [0.25, 0.3) is 0 Å². The Kier molecular flexibility index (Phi) is 4.11. The summed E-state index contributed by atoms with van der Waals surface area (Å²) >= 11 is 3.52. The second-order valence-electron chi connectivity index (χ2n) is 3.94. The highest BCUT2D eigenvalue weighted by Gasteiger charge is 2.31. The third-order valence-corrected chi connectivity index (χ3v) is 3.75. The molecule has 1 saturated carbocycles. The first-order valence-electron chi connectivity index (χ1n) is 4.92. The average Bonchev–Trinajstić information content (AvgIpc) is 2.07. The van der Waals surface area contributed by atoms with Crippen LogP contribution in [0.1, 0.15) is 33.1 Å². The minimum absolute atomic E-state index is 0.000671. The topological polar surface area (TPSA) is 46.2 Å². The van der Waals surface area contributed by atoms with Crippen LogP contribution in [0.15, 0.2) is 0 Å². The average molecular weight is 262 g/mol. The lowest BCUT2D eigenvalue weighted by molar-refractivity contribution is -0.121. The van der Waals surface area contributed by atoms with Gasteiger partial charge in [-0.25, -0.2) is 0 Å². The molecule has 80 valence electrons. The van der Waals surface area contributed by atoms with Crippen LogP contribution in [-0.4, -0.2) is 22.6 Å². The van der Waals surface area contributed by atoms with E-state index in [1.54, 1.807) is 6.92 Å². The molecule has 1 aliphatic rings. The fraction of sp³-hybridized carbons (Fsp3) is 0.800. The number of halogens is 1. The van der Waals surface area contributed by atoms with Gasteiger partial charge in [-0.15, -0.1) is 0 Å². The summed E-state index contributed by atoms with van der Waals surface area (Å²) in [6.07, 6.45) is 2.61. The number of carbonyl (C=O) groups excluding carboxylic acids is 2. The summed E-state index contributed by atoms with van der Waals surface area (Å²) in [5.41, 5.74) is 0. The van der Waals surface area contributed by atoms with E-state index >= 15 is 0 Å². The molecule has 3 nitrogen and oxygen atoms in total. The quantitative estimate of drug-likeness (QED) is 0.769. The fourth-order valence-corrected chi connectivity index (χ4v) is 2.76. The van der Waals surface area contributed by atoms with Crippen LogP contribution < -0.4 is 5.32 Å². The molecule has 0 aromatic carbocycles. The van der Waals surface area contributed by atoms with Gasteiger partial charge in [-0.05, 0) is 26.2 Å². The third kappa shape index (κ3) is 3.08. The monoisotopic (exact) mass is 261 g/mol. The molecule has 1 N–H and O–H groups in total. The summed E-state index contributed by atoms with van der Waals surface area (Å²) in [7, 11) is 0. The largest absolute Gasteiger partial charge is 0.352 e. The highest BCUT2D eigenvalue weighted by Crippen LogP contribution is 2.29. The minimum Gasteiger partial charge on any atom is -0.352 e. The van der Waals surface area contributed by atoms with Crippen molar-refractivity contribution in [1.82, 2.24) is 5.32 Å². The maximum absolute atomic E-state index is 11.2. The Labute approximate surface area is 92.8 Å². The van der Waals surface area contributed by atoms with E-state index in [0.29, 0.717) is 0 Å². The first-order valence-corrected chi connectivity index (χ1v) is 5.84. The lowest BCUT2D eigenvalue weighted by atomic mass is 9.84. The molecule has 3 unspecified atom stereocenters. The second kappa shape index (κ2) is 4.91. The summed E-state index contributed by atoms with van der Waals surface area (Å²) in [5.74, 6) is 0.431. The molecule has 1 amide bonds. The van der Waals surface area contributed by atoms with Crippen molar-refractivity contribution in [2.45, 2.75) is 44.0 Å². The van der Waals surface area contributed by atoms with Crippen LogP contribution in [0.5, 0.6) is 0 Å². The maximum atomic E-state index is 11.2. The molecule has 4 heteroatoms. The first kappa shape index (κ1) is 11.7. The Balaban J connectivity index is 2.47. The zero-order chi connectivity index (χ0) is 10.7. The second-order valence-corrected chi connectivity index (χ2v) is 5.12. The molecule has 1 aliphatic carbocycles. The molecule has 0 bridgehead atoms. The highest BCUT2D eigenvalue weighted by atomic mass is 79.9. The van der Waals surface area contributed by atoms with Crippen LogP contribution in [0.4, 0.5) is 0 Å². The van der Waals surface area contributed by atoms with Crippen LogP contribution in [0.3, 0.4) is 0 Å². The molecule has 1 rings (SSSR count). The van der Waals surface area contributed by atoms with Gasteiger partial charge in [-0.3, -0.25) is 9.59 Å². The van der Waals surface area contributed by atoms with E-state index in [0.717, 1.165) is 19.3 Å². The maximum Gasteiger partial charge on any atom is 0.217 e. The van der Waals surface area contributed by atoms with E-state index in [-0.39, 0.29) is 28.5 Å². The van der Waals surface area contributed by atoms with E-state index in [4.69, 9.17) is 0 Å². The number of hydrogen-bond donors (Lipinski definition) is 1. The number of carbonyl (C=O) groups is 2. The van der Waals surface area contributed by atoms with Gasteiger partial charge in [0.2, 0.25) is 5.91 Å². The normalized spacial score (nSPS) is 32.4. The summed E-state index contributed by atoms with van der Waals surface area (Å²) in [5, 5.41) is 2.89. The van der Waals surface area contributed by atoms with Crippen molar-refractivity contribution in [3.63, 3.8) is 0 Å². The smallest absolute Gasteiger partial charge is 0.217 e. The molecule has 0 radical (unpaired) electrons. The van der Waals surface area contributed by atoms with E-state index in [1.807, 2.05) is 0 Å². The Bertz CT molecular complexity index is 242. The Morgan fingerprint density at radius 1 is 1.29 bits per heavy atom. The van der Waals surface area contributed by atoms with Crippen LogP contribution in [0, 0.1) is 5.92 Å². The minimum atomic E-state index is 0.000671. The van der Waals surface area contributed by atoms with E-state index < -0.39 is 0 Å². The molecule has 0 spiro atoms. The summed E-state index contributed by atoms with van der Waals surface area (Å²) in [6.45, 7) is 3.17. The van der Waals surface area contributed by atoms with Crippen molar-refractivity contribution in [3.8, 4) is 0 Å². The first-order chi connectivity index (χ1) is 6.50. The van der Waals surface area contributed by atoms with Crippen molar-refractivity contribution >= 4 is 27.6 Å². The van der Waals surface area contributed by atoms with Crippen molar-refractivity contribution in [2.75, 3.05) is 0 Å². The van der Waals surface area contributed by atoms with Gasteiger partial charge < -0.3 is 5.32 Å². The highest BCUT2D eigenvalue weighted by molar-refractivity contribution is 9.09. The van der Waals surface area contributed by atoms with E-state index in [2.05, 4.69) is 21.2 Å². The molecule has 0 aromatic rings. The zero-order valence-corrected chi connectivity index (χ0v) is 10.1. The van der Waals surface area contributed by atoms with Gasteiger partial charge in [0.1, 0.15) is 5.78 Å². The van der Waals surface area contributed by atoms with Crippen molar-refractivity contribution in [1.29, 1.82) is 0 Å². The predicted molar refractivity (Wildman–Crippen MR) is 58.3 cm³/mol. The molecular weight excluding hydrogens is 246 g/mol. The van der Waals surface area contributed by atoms with E-state index in [1.165, 1.54) is 6.92 Å². The number of alkyl halides is 1. The SMILES string of the molecule is CC(=O)NC1CCC(C(C)=O)CC1Br. The standard InChI is InChI=1S/C10H16BrNO2/c1-6(13)8-3-4-10(9(11)5-8)12-7(2)14/h8-10H,3-5H2,1-2H3,(H,12,14). The summed E-state index contributed by atoms with van der Waals surface area (Å²) in [4.78, 5) is 22.3. The number of nitrogens with one attached hydrogen (secondary N) is 1. The Morgan fingerprint density at radius 2 is 1.93 bits per heavy atom. The molecular formula is C10H16BrNO2. The van der Waals surface area contributed by atoms with Crippen molar-refractivity contribution < 1.29 is 9.59 Å². The van der Waals surface area contributed by atoms with Gasteiger partial charge in [0, 0.05) is 23.7 Å². The van der Waals surface area contributed by atoms with E-state index in [9.17, 15) is 9.59 Å². The number of Topliss-reactive ketones (excluding diaryl/α,β-unsaturated/α-hetero) is 1. The molecule has 14 heavy (non-hydrogen) atoms. The number of rotatable bonds is 2. The van der Waals surface area contributed by atoms with Crippen molar-refractivity contribution in [2.24, 2.45) is 5.92 Å². The lowest BCUT2D eigenvalue weighted by Crippen LogP contribution is -2.44. The van der Waals surface area contributed by atoms with Gasteiger partial charge in [-0.2, -0.15) is 0 Å². The number of amides is 1. The zero-order valence-electron chi connectivity index (χ0n) is 8.55. The predicted octanol–water partition coefficient (Wildman–Crippen LogP) is 1.64. The van der Waals surface area contributed by atoms with Crippen LogP contribution in [0.2, 0.25) is 0 Å². The fourth-order valence-electron chi connectivity index (χ4n) is 1.91. The number of hydrogen-bond acceptors (Lipinski definition) is 2. The van der Waals surface area contributed by atoms with Crippen molar-refractivity contribution in [3.05, 3.63) is 0 Å². The molecule has 0 aromatic heterocycles. The summed E-state index contributed by atoms with van der Waals surface area (Å²) < 4.78 is 0. The molecule has 1 fully saturated rings. The van der Waals surface area contributed by atoms with Crippen LogP contribution in [-0.2, 0) is 9.59 Å². The van der Waals surface area contributed by atoms with Gasteiger partial charge in [-0.1, -0.05) is 15.9 Å². The van der Waals surface area contributed by atoms with Gasteiger partial charge in [0.05, 0.1) is 0 Å².